The van der Waals surface area contributed by atoms with Crippen LogP contribution in [-0.2, 0) is 17.8 Å². The van der Waals surface area contributed by atoms with Crippen molar-refractivity contribution < 1.29 is 19.7 Å². The van der Waals surface area contributed by atoms with Crippen molar-refractivity contribution in [1.82, 2.24) is 0 Å². The fourth-order valence-electron chi connectivity index (χ4n) is 2.23. The molecule has 0 aliphatic rings. The van der Waals surface area contributed by atoms with Crippen LogP contribution in [0.15, 0.2) is 42.5 Å². The zero-order chi connectivity index (χ0) is 16.7. The molecule has 0 unspecified atom stereocenters. The fraction of sp³-hybridized carbons (Fsp3) is 0.278. The standard InChI is InChI=1S/C18H21NO4/c1-2-23-17-11-14(6-8-16(17)20)12-19-15-5-3-4-13(10-15)7-9-18(21)22/h3-6,8,10-11,19-20H,2,7,9,12H2,1H3,(H,21,22). The van der Waals surface area contributed by atoms with E-state index in [4.69, 9.17) is 9.84 Å². The predicted octanol–water partition coefficient (Wildman–Crippen LogP) is 3.42. The van der Waals surface area contributed by atoms with E-state index in [0.29, 0.717) is 25.3 Å². The van der Waals surface area contributed by atoms with Crippen molar-refractivity contribution in [2.45, 2.75) is 26.3 Å². The lowest BCUT2D eigenvalue weighted by Gasteiger charge is -2.11. The summed E-state index contributed by atoms with van der Waals surface area (Å²) in [6.07, 6.45) is 0.637. The van der Waals surface area contributed by atoms with Crippen molar-refractivity contribution in [3.63, 3.8) is 0 Å². The lowest BCUT2D eigenvalue weighted by Crippen LogP contribution is -2.02. The zero-order valence-electron chi connectivity index (χ0n) is 13.1. The Kier molecular flexibility index (Phi) is 5.86. The summed E-state index contributed by atoms with van der Waals surface area (Å²) in [6, 6.07) is 13.0. The van der Waals surface area contributed by atoms with E-state index in [2.05, 4.69) is 5.32 Å². The minimum Gasteiger partial charge on any atom is -0.504 e. The topological polar surface area (TPSA) is 78.8 Å². The van der Waals surface area contributed by atoms with Crippen molar-refractivity contribution in [3.05, 3.63) is 53.6 Å². The van der Waals surface area contributed by atoms with Gasteiger partial charge in [0, 0.05) is 18.7 Å². The number of anilines is 1. The van der Waals surface area contributed by atoms with E-state index in [-0.39, 0.29) is 12.2 Å². The van der Waals surface area contributed by atoms with E-state index in [1.807, 2.05) is 37.3 Å². The van der Waals surface area contributed by atoms with E-state index < -0.39 is 5.97 Å². The molecule has 0 amide bonds. The molecule has 0 saturated heterocycles. The molecular weight excluding hydrogens is 294 g/mol. The normalized spacial score (nSPS) is 10.3. The van der Waals surface area contributed by atoms with Gasteiger partial charge >= 0.3 is 5.97 Å². The first-order chi connectivity index (χ1) is 11.1. The van der Waals surface area contributed by atoms with E-state index in [9.17, 15) is 9.90 Å². The van der Waals surface area contributed by atoms with E-state index in [1.165, 1.54) is 0 Å². The number of aromatic hydroxyl groups is 1. The second-order valence-corrected chi connectivity index (χ2v) is 5.18. The Morgan fingerprint density at radius 2 is 2.00 bits per heavy atom. The van der Waals surface area contributed by atoms with Crippen molar-refractivity contribution in [2.75, 3.05) is 11.9 Å². The molecule has 23 heavy (non-hydrogen) atoms. The van der Waals surface area contributed by atoms with Gasteiger partial charge in [-0.3, -0.25) is 4.79 Å². The Bertz CT molecular complexity index is 670. The fourth-order valence-corrected chi connectivity index (χ4v) is 2.23. The Morgan fingerprint density at radius 1 is 1.17 bits per heavy atom. The summed E-state index contributed by atoms with van der Waals surface area (Å²) in [5, 5.41) is 21.7. The number of carboxylic acid groups (broad SMARTS) is 1. The summed E-state index contributed by atoms with van der Waals surface area (Å²) in [4.78, 5) is 10.6. The van der Waals surface area contributed by atoms with Crippen LogP contribution >= 0.6 is 0 Å². The smallest absolute Gasteiger partial charge is 0.303 e. The van der Waals surface area contributed by atoms with Gasteiger partial charge < -0.3 is 20.3 Å². The molecule has 2 aromatic rings. The van der Waals surface area contributed by atoms with Crippen LogP contribution in [0.3, 0.4) is 0 Å². The van der Waals surface area contributed by atoms with Crippen LogP contribution in [0.1, 0.15) is 24.5 Å². The van der Waals surface area contributed by atoms with Gasteiger partial charge in [-0.05, 0) is 48.7 Å². The zero-order valence-corrected chi connectivity index (χ0v) is 13.1. The number of rotatable bonds is 8. The quantitative estimate of drug-likeness (QED) is 0.695. The maximum absolute atomic E-state index is 10.6. The summed E-state index contributed by atoms with van der Waals surface area (Å²) in [7, 11) is 0. The second kappa shape index (κ2) is 8.08. The van der Waals surface area contributed by atoms with Gasteiger partial charge in [-0.1, -0.05) is 18.2 Å². The first-order valence-corrected chi connectivity index (χ1v) is 7.57. The Hall–Kier alpha value is -2.69. The third-order valence-electron chi connectivity index (χ3n) is 3.38. The highest BCUT2D eigenvalue weighted by Crippen LogP contribution is 2.27. The Labute approximate surface area is 135 Å². The summed E-state index contributed by atoms with van der Waals surface area (Å²) in [5.74, 6) is -0.191. The number of phenolic OH excluding ortho intramolecular Hbond substituents is 1. The molecule has 2 aromatic carbocycles. The number of carbonyl (C=O) groups is 1. The highest BCUT2D eigenvalue weighted by molar-refractivity contribution is 5.67. The molecular formula is C18H21NO4. The molecule has 0 atom stereocenters. The van der Waals surface area contributed by atoms with Crippen molar-refractivity contribution in [1.29, 1.82) is 0 Å². The van der Waals surface area contributed by atoms with Gasteiger partial charge in [0.25, 0.3) is 0 Å². The van der Waals surface area contributed by atoms with Gasteiger partial charge in [0.15, 0.2) is 11.5 Å². The molecule has 0 aliphatic heterocycles. The van der Waals surface area contributed by atoms with Crippen LogP contribution in [0.25, 0.3) is 0 Å². The van der Waals surface area contributed by atoms with Gasteiger partial charge in [0.2, 0.25) is 0 Å². The number of carboxylic acids is 1. The Balaban J connectivity index is 1.99. The third kappa shape index (κ3) is 5.21. The van der Waals surface area contributed by atoms with Gasteiger partial charge in [-0.15, -0.1) is 0 Å². The van der Waals surface area contributed by atoms with E-state index in [0.717, 1.165) is 16.8 Å². The number of aryl methyl sites for hydroxylation is 1. The number of phenols is 1. The maximum atomic E-state index is 10.6. The number of nitrogens with one attached hydrogen (secondary N) is 1. The first kappa shape index (κ1) is 16.7. The highest BCUT2D eigenvalue weighted by Gasteiger charge is 2.04. The second-order valence-electron chi connectivity index (χ2n) is 5.18. The molecule has 0 fully saturated rings. The molecule has 122 valence electrons. The molecule has 5 heteroatoms. The minimum absolute atomic E-state index is 0.124. The largest absolute Gasteiger partial charge is 0.504 e. The molecule has 5 nitrogen and oxygen atoms in total. The molecule has 0 spiro atoms. The highest BCUT2D eigenvalue weighted by atomic mass is 16.5. The Morgan fingerprint density at radius 3 is 2.74 bits per heavy atom. The molecule has 2 rings (SSSR count). The monoisotopic (exact) mass is 315 g/mol. The van der Waals surface area contributed by atoms with Gasteiger partial charge in [-0.2, -0.15) is 0 Å². The molecule has 0 aliphatic carbocycles. The van der Waals surface area contributed by atoms with Crippen LogP contribution < -0.4 is 10.1 Å². The summed E-state index contributed by atoms with van der Waals surface area (Å²) in [6.45, 7) is 2.95. The number of ether oxygens (including phenoxy) is 1. The molecule has 0 aromatic heterocycles. The molecule has 0 bridgehead atoms. The van der Waals surface area contributed by atoms with Crippen molar-refractivity contribution >= 4 is 11.7 Å². The number of aliphatic carboxylic acids is 1. The average molecular weight is 315 g/mol. The average Bonchev–Trinajstić information content (AvgIpc) is 2.54. The maximum Gasteiger partial charge on any atom is 0.303 e. The third-order valence-corrected chi connectivity index (χ3v) is 3.38. The van der Waals surface area contributed by atoms with Crippen LogP contribution in [0.5, 0.6) is 11.5 Å². The number of hydrogen-bond donors (Lipinski definition) is 3. The summed E-state index contributed by atoms with van der Waals surface area (Å²) in [5.41, 5.74) is 2.90. The van der Waals surface area contributed by atoms with Crippen LogP contribution in [0.4, 0.5) is 5.69 Å². The predicted molar refractivity (Wildman–Crippen MR) is 89.0 cm³/mol. The molecule has 0 saturated carbocycles. The number of benzene rings is 2. The van der Waals surface area contributed by atoms with Gasteiger partial charge in [0.1, 0.15) is 0 Å². The molecule has 0 radical (unpaired) electrons. The summed E-state index contributed by atoms with van der Waals surface area (Å²) >= 11 is 0. The van der Waals surface area contributed by atoms with Crippen molar-refractivity contribution in [3.8, 4) is 11.5 Å². The van der Waals surface area contributed by atoms with Crippen LogP contribution in [0, 0.1) is 0 Å². The van der Waals surface area contributed by atoms with Crippen LogP contribution in [-0.4, -0.2) is 22.8 Å². The van der Waals surface area contributed by atoms with E-state index in [1.54, 1.807) is 12.1 Å². The first-order valence-electron chi connectivity index (χ1n) is 7.57. The van der Waals surface area contributed by atoms with Gasteiger partial charge in [0.05, 0.1) is 6.61 Å². The van der Waals surface area contributed by atoms with Crippen LogP contribution in [0.2, 0.25) is 0 Å². The lowest BCUT2D eigenvalue weighted by molar-refractivity contribution is -0.136. The van der Waals surface area contributed by atoms with E-state index >= 15 is 0 Å². The lowest BCUT2D eigenvalue weighted by atomic mass is 10.1. The van der Waals surface area contributed by atoms with Crippen molar-refractivity contribution in [2.24, 2.45) is 0 Å². The SMILES string of the molecule is CCOc1cc(CNc2cccc(CCC(=O)O)c2)ccc1O. The minimum atomic E-state index is -0.795. The summed E-state index contributed by atoms with van der Waals surface area (Å²) < 4.78 is 5.37. The van der Waals surface area contributed by atoms with Gasteiger partial charge in [-0.25, -0.2) is 0 Å². The molecule has 0 heterocycles. The molecule has 3 N–H and O–H groups in total. The number of hydrogen-bond acceptors (Lipinski definition) is 4.